The average Bonchev–Trinajstić information content (AvgIpc) is 3.23. The van der Waals surface area contributed by atoms with Gasteiger partial charge in [0.15, 0.2) is 11.5 Å². The first-order chi connectivity index (χ1) is 13.7. The van der Waals surface area contributed by atoms with E-state index in [1.165, 1.54) is 17.4 Å². The Kier molecular flexibility index (Phi) is 4.49. The average molecular weight is 438 g/mol. The minimum Gasteiger partial charge on any atom is -0.367 e. The fraction of sp³-hybridized carbons (Fsp3) is 0.286. The fourth-order valence-corrected chi connectivity index (χ4v) is 4.28. The number of benzene rings is 2. The molecule has 1 aliphatic rings. The first kappa shape index (κ1) is 17.6. The number of likely N-dealkylation sites (tertiary alicyclic amines) is 1. The normalized spacial score (nSPS) is 15.0. The lowest BCUT2D eigenvalue weighted by Crippen LogP contribution is -2.27. The SMILES string of the molecule is O=c1c2cc(Br)ccc2nc2c3ccccc3c(NCCN3CCCC3)nn12. The Morgan fingerprint density at radius 3 is 2.64 bits per heavy atom. The zero-order valence-electron chi connectivity index (χ0n) is 15.4. The van der Waals surface area contributed by atoms with Crippen LogP contribution in [0, 0.1) is 0 Å². The van der Waals surface area contributed by atoms with Crippen molar-refractivity contribution in [2.24, 2.45) is 0 Å². The molecule has 2 aromatic carbocycles. The molecule has 0 aliphatic carbocycles. The van der Waals surface area contributed by atoms with Crippen LogP contribution in [0.2, 0.25) is 0 Å². The summed E-state index contributed by atoms with van der Waals surface area (Å²) in [7, 11) is 0. The van der Waals surface area contributed by atoms with Crippen molar-refractivity contribution in [3.8, 4) is 0 Å². The van der Waals surface area contributed by atoms with Crippen molar-refractivity contribution in [1.82, 2.24) is 19.5 Å². The number of nitrogens with zero attached hydrogens (tertiary/aromatic N) is 4. The highest BCUT2D eigenvalue weighted by Crippen LogP contribution is 2.25. The molecule has 142 valence electrons. The van der Waals surface area contributed by atoms with Crippen LogP contribution in [0.5, 0.6) is 0 Å². The van der Waals surface area contributed by atoms with E-state index in [2.05, 4.69) is 31.2 Å². The molecule has 0 atom stereocenters. The van der Waals surface area contributed by atoms with Gasteiger partial charge in [-0.25, -0.2) is 4.98 Å². The smallest absolute Gasteiger partial charge is 0.282 e. The third kappa shape index (κ3) is 3.04. The highest BCUT2D eigenvalue weighted by molar-refractivity contribution is 9.10. The summed E-state index contributed by atoms with van der Waals surface area (Å²) in [5.41, 5.74) is 1.10. The molecule has 6 nitrogen and oxygen atoms in total. The molecule has 1 saturated heterocycles. The van der Waals surface area contributed by atoms with E-state index in [0.717, 1.165) is 47.2 Å². The number of nitrogens with one attached hydrogen (secondary N) is 1. The number of hydrogen-bond donors (Lipinski definition) is 1. The molecule has 5 rings (SSSR count). The van der Waals surface area contributed by atoms with Gasteiger partial charge in [-0.3, -0.25) is 4.79 Å². The number of aromatic nitrogens is 3. The molecule has 0 saturated carbocycles. The third-order valence-corrected chi connectivity index (χ3v) is 5.84. The van der Waals surface area contributed by atoms with Crippen LogP contribution in [-0.2, 0) is 0 Å². The molecule has 0 bridgehead atoms. The van der Waals surface area contributed by atoms with Crippen molar-refractivity contribution in [3.63, 3.8) is 0 Å². The van der Waals surface area contributed by atoms with Gasteiger partial charge in [-0.1, -0.05) is 40.2 Å². The highest BCUT2D eigenvalue weighted by Gasteiger charge is 2.15. The maximum Gasteiger partial charge on any atom is 0.282 e. The molecule has 28 heavy (non-hydrogen) atoms. The molecule has 0 radical (unpaired) electrons. The molecular formula is C21H20BrN5O. The van der Waals surface area contributed by atoms with E-state index >= 15 is 0 Å². The summed E-state index contributed by atoms with van der Waals surface area (Å²) in [5, 5.41) is 10.5. The van der Waals surface area contributed by atoms with Gasteiger partial charge in [0.05, 0.1) is 10.9 Å². The highest BCUT2D eigenvalue weighted by atomic mass is 79.9. The second-order valence-corrected chi connectivity index (χ2v) is 8.10. The Labute approximate surface area is 170 Å². The maximum absolute atomic E-state index is 13.1. The first-order valence-electron chi connectivity index (χ1n) is 9.58. The summed E-state index contributed by atoms with van der Waals surface area (Å²) in [6.07, 6.45) is 2.56. The van der Waals surface area contributed by atoms with Crippen molar-refractivity contribution in [2.45, 2.75) is 12.8 Å². The predicted octanol–water partition coefficient (Wildman–Crippen LogP) is 3.67. The van der Waals surface area contributed by atoms with Crippen LogP contribution in [0.15, 0.2) is 51.7 Å². The number of fused-ring (bicyclic) bond motifs is 4. The molecule has 2 aromatic heterocycles. The minimum absolute atomic E-state index is 0.158. The van der Waals surface area contributed by atoms with Crippen molar-refractivity contribution in [2.75, 3.05) is 31.5 Å². The summed E-state index contributed by atoms with van der Waals surface area (Å²) < 4.78 is 2.28. The van der Waals surface area contributed by atoms with Crippen LogP contribution in [0.1, 0.15) is 12.8 Å². The topological polar surface area (TPSA) is 62.5 Å². The van der Waals surface area contributed by atoms with Gasteiger partial charge in [0.2, 0.25) is 0 Å². The van der Waals surface area contributed by atoms with E-state index in [4.69, 9.17) is 4.98 Å². The van der Waals surface area contributed by atoms with Gasteiger partial charge in [-0.2, -0.15) is 4.52 Å². The number of hydrogen-bond acceptors (Lipinski definition) is 5. The summed E-state index contributed by atoms with van der Waals surface area (Å²) in [6, 6.07) is 13.5. The zero-order chi connectivity index (χ0) is 19.1. The van der Waals surface area contributed by atoms with Crippen molar-refractivity contribution < 1.29 is 0 Å². The second-order valence-electron chi connectivity index (χ2n) is 7.18. The van der Waals surface area contributed by atoms with Crippen molar-refractivity contribution in [3.05, 3.63) is 57.3 Å². The molecule has 0 amide bonds. The lowest BCUT2D eigenvalue weighted by molar-refractivity contribution is 0.352. The lowest BCUT2D eigenvalue weighted by Gasteiger charge is -2.16. The molecule has 1 N–H and O–H groups in total. The predicted molar refractivity (Wildman–Crippen MR) is 116 cm³/mol. The zero-order valence-corrected chi connectivity index (χ0v) is 16.9. The van der Waals surface area contributed by atoms with E-state index in [-0.39, 0.29) is 5.56 Å². The molecule has 0 unspecified atom stereocenters. The number of halogens is 1. The van der Waals surface area contributed by atoms with Crippen LogP contribution in [-0.4, -0.2) is 45.7 Å². The van der Waals surface area contributed by atoms with Crippen LogP contribution in [0.3, 0.4) is 0 Å². The van der Waals surface area contributed by atoms with Crippen LogP contribution in [0.25, 0.3) is 27.3 Å². The standard InChI is InChI=1S/C21H20BrN5O/c22-14-7-8-18-17(13-14)21(28)27-20(24-18)16-6-2-1-5-15(16)19(25-27)23-9-12-26-10-3-4-11-26/h1-2,5-8,13H,3-4,9-12H2,(H,23,25). The second kappa shape index (κ2) is 7.14. The third-order valence-electron chi connectivity index (χ3n) is 5.35. The van der Waals surface area contributed by atoms with E-state index in [0.29, 0.717) is 16.6 Å². The Balaban J connectivity index is 1.65. The minimum atomic E-state index is -0.158. The summed E-state index contributed by atoms with van der Waals surface area (Å²) in [6.45, 7) is 4.10. The first-order valence-corrected chi connectivity index (χ1v) is 10.4. The Morgan fingerprint density at radius 2 is 1.82 bits per heavy atom. The van der Waals surface area contributed by atoms with Gasteiger partial charge in [0.1, 0.15) is 0 Å². The van der Waals surface area contributed by atoms with Gasteiger partial charge in [-0.05, 0) is 44.1 Å². The molecule has 1 fully saturated rings. The van der Waals surface area contributed by atoms with E-state index < -0.39 is 0 Å². The van der Waals surface area contributed by atoms with E-state index in [1.807, 2.05) is 36.4 Å². The molecule has 7 heteroatoms. The van der Waals surface area contributed by atoms with Crippen LogP contribution < -0.4 is 10.9 Å². The molecule has 1 aliphatic heterocycles. The molecule has 4 aromatic rings. The van der Waals surface area contributed by atoms with Crippen molar-refractivity contribution >= 4 is 49.1 Å². The monoisotopic (exact) mass is 437 g/mol. The number of rotatable bonds is 4. The number of anilines is 1. The van der Waals surface area contributed by atoms with Gasteiger partial charge in [0, 0.05) is 28.3 Å². The summed E-state index contributed by atoms with van der Waals surface area (Å²) >= 11 is 3.44. The lowest BCUT2D eigenvalue weighted by atomic mass is 10.1. The molecule has 0 spiro atoms. The largest absolute Gasteiger partial charge is 0.367 e. The molecular weight excluding hydrogens is 418 g/mol. The van der Waals surface area contributed by atoms with Gasteiger partial charge in [0.25, 0.3) is 5.56 Å². The van der Waals surface area contributed by atoms with Crippen LogP contribution >= 0.6 is 15.9 Å². The molecule has 3 heterocycles. The van der Waals surface area contributed by atoms with Crippen LogP contribution in [0.4, 0.5) is 5.82 Å². The maximum atomic E-state index is 13.1. The van der Waals surface area contributed by atoms with E-state index in [1.54, 1.807) is 6.07 Å². The van der Waals surface area contributed by atoms with E-state index in [9.17, 15) is 4.79 Å². The van der Waals surface area contributed by atoms with Gasteiger partial charge < -0.3 is 10.2 Å². The van der Waals surface area contributed by atoms with Gasteiger partial charge >= 0.3 is 0 Å². The quantitative estimate of drug-likeness (QED) is 0.389. The van der Waals surface area contributed by atoms with Gasteiger partial charge in [-0.15, -0.1) is 5.10 Å². The summed E-state index contributed by atoms with van der Waals surface area (Å²) in [4.78, 5) is 20.3. The Bertz CT molecular complexity index is 1250. The Morgan fingerprint density at radius 1 is 1.04 bits per heavy atom. The fourth-order valence-electron chi connectivity index (χ4n) is 3.92. The van der Waals surface area contributed by atoms with Crippen molar-refractivity contribution in [1.29, 1.82) is 0 Å². The Hall–Kier alpha value is -2.51. The summed E-state index contributed by atoms with van der Waals surface area (Å²) in [5.74, 6) is 0.723.